The van der Waals surface area contributed by atoms with E-state index in [2.05, 4.69) is 20.9 Å². The second kappa shape index (κ2) is 13.5. The Kier molecular flexibility index (Phi) is 10.9. The van der Waals surface area contributed by atoms with Crippen LogP contribution in [0.4, 0.5) is 13.2 Å². The molecule has 0 bridgehead atoms. The summed E-state index contributed by atoms with van der Waals surface area (Å²) in [5.41, 5.74) is 7.88. The standard InChI is InChI=1S/C22H22BrCl2N3O6.C2HF3O2/c1-32-11-4-2-10(3-5-11)6-14(26)21(31)33-9-17-18(29)19(30)20(34-17)28-16-8-13(25)12(24)7-15(16)27-22(28)23;3-2(4,5)1(6)7/h2-5,7-8,14,17-20,29-30H,6,9,26H2,1H3;(H,6,7)/t14-,17+,18+,19+,20+;/m0./s1. The zero-order chi connectivity index (χ0) is 30.6. The van der Waals surface area contributed by atoms with Gasteiger partial charge in [-0.2, -0.15) is 13.2 Å². The van der Waals surface area contributed by atoms with Gasteiger partial charge in [0.25, 0.3) is 0 Å². The third kappa shape index (κ3) is 8.00. The van der Waals surface area contributed by atoms with Gasteiger partial charge in [0.05, 0.1) is 28.2 Å². The molecule has 4 rings (SSSR count). The molecule has 1 fully saturated rings. The maximum Gasteiger partial charge on any atom is 0.490 e. The van der Waals surface area contributed by atoms with Crippen LogP contribution in [0.15, 0.2) is 41.1 Å². The number of fused-ring (bicyclic) bond motifs is 1. The smallest absolute Gasteiger partial charge is 0.490 e. The number of carboxylic acid groups (broad SMARTS) is 1. The molecule has 0 radical (unpaired) electrons. The van der Waals surface area contributed by atoms with Gasteiger partial charge in [0.15, 0.2) is 11.0 Å². The average Bonchev–Trinajstić information content (AvgIpc) is 3.36. The van der Waals surface area contributed by atoms with E-state index in [0.29, 0.717) is 31.6 Å². The molecule has 0 saturated carbocycles. The summed E-state index contributed by atoms with van der Waals surface area (Å²) in [7, 11) is 1.57. The zero-order valence-corrected chi connectivity index (χ0v) is 24.0. The number of aromatic nitrogens is 2. The quantitative estimate of drug-likeness (QED) is 0.270. The monoisotopic (exact) mass is 687 g/mol. The molecule has 11 nitrogen and oxygen atoms in total. The fourth-order valence-corrected chi connectivity index (χ4v) is 4.65. The van der Waals surface area contributed by atoms with E-state index in [4.69, 9.17) is 53.0 Å². The molecule has 0 unspecified atom stereocenters. The van der Waals surface area contributed by atoms with Crippen LogP contribution >= 0.6 is 39.1 Å². The zero-order valence-electron chi connectivity index (χ0n) is 20.9. The molecule has 0 amide bonds. The minimum atomic E-state index is -5.08. The number of hydrogen-bond donors (Lipinski definition) is 4. The van der Waals surface area contributed by atoms with Gasteiger partial charge in [0, 0.05) is 0 Å². The van der Waals surface area contributed by atoms with Gasteiger partial charge in [-0.1, -0.05) is 35.3 Å². The van der Waals surface area contributed by atoms with Crippen molar-refractivity contribution in [1.82, 2.24) is 9.55 Å². The average molecular weight is 689 g/mol. The van der Waals surface area contributed by atoms with Gasteiger partial charge in [-0.3, -0.25) is 9.36 Å². The van der Waals surface area contributed by atoms with Crippen LogP contribution in [0.3, 0.4) is 0 Å². The van der Waals surface area contributed by atoms with Crippen LogP contribution in [-0.2, 0) is 25.5 Å². The minimum Gasteiger partial charge on any atom is -0.497 e. The number of esters is 1. The number of aliphatic carboxylic acids is 1. The Hall–Kier alpha value is -2.66. The Balaban J connectivity index is 0.000000587. The van der Waals surface area contributed by atoms with Crippen molar-refractivity contribution in [2.75, 3.05) is 13.7 Å². The number of nitrogens with two attached hydrogens (primary N) is 1. The number of nitrogens with zero attached hydrogens (tertiary/aromatic N) is 2. The van der Waals surface area contributed by atoms with Crippen LogP contribution in [-0.4, -0.2) is 81.1 Å². The Morgan fingerprint density at radius 3 is 2.32 bits per heavy atom. The van der Waals surface area contributed by atoms with E-state index in [-0.39, 0.29) is 13.0 Å². The molecule has 1 aromatic heterocycles. The summed E-state index contributed by atoms with van der Waals surface area (Å²) in [6, 6.07) is 9.43. The number of rotatable bonds is 7. The molecule has 5 atom stereocenters. The number of aliphatic hydroxyl groups is 2. The van der Waals surface area contributed by atoms with Crippen molar-refractivity contribution < 1.29 is 52.3 Å². The van der Waals surface area contributed by atoms with E-state index in [1.165, 1.54) is 0 Å². The number of carboxylic acids is 1. The Morgan fingerprint density at radius 1 is 1.17 bits per heavy atom. The minimum absolute atomic E-state index is 0.263. The highest BCUT2D eigenvalue weighted by Crippen LogP contribution is 2.37. The summed E-state index contributed by atoms with van der Waals surface area (Å²) in [5, 5.41) is 28.9. The van der Waals surface area contributed by atoms with Crippen molar-refractivity contribution in [3.63, 3.8) is 0 Å². The number of benzene rings is 2. The molecule has 2 aromatic carbocycles. The number of imidazole rings is 1. The molecular weight excluding hydrogens is 666 g/mol. The summed E-state index contributed by atoms with van der Waals surface area (Å²) in [6.45, 7) is -0.291. The van der Waals surface area contributed by atoms with E-state index in [1.807, 2.05) is 12.1 Å². The summed E-state index contributed by atoms with van der Waals surface area (Å²) in [5.74, 6) is -2.71. The normalized spacial score (nSPS) is 21.2. The van der Waals surface area contributed by atoms with Crippen molar-refractivity contribution >= 4 is 62.1 Å². The maximum absolute atomic E-state index is 12.4. The SMILES string of the molecule is COc1ccc(C[C@H](N)C(=O)OC[C@H]2O[C@@H](n3c(Br)nc4cc(Cl)c(Cl)cc43)[C@H](O)[C@@H]2O)cc1.O=C(O)C(F)(F)F. The first-order valence-corrected chi connectivity index (χ1v) is 13.1. The van der Waals surface area contributed by atoms with E-state index < -0.39 is 48.7 Å². The summed E-state index contributed by atoms with van der Waals surface area (Å²) >= 11 is 15.5. The van der Waals surface area contributed by atoms with Crippen LogP contribution < -0.4 is 10.5 Å². The molecule has 1 aliphatic rings. The Morgan fingerprint density at radius 2 is 1.76 bits per heavy atom. The second-order valence-corrected chi connectivity index (χ2v) is 10.2. The number of alkyl halides is 3. The van der Waals surface area contributed by atoms with Gasteiger partial charge in [0.1, 0.15) is 36.7 Å². The van der Waals surface area contributed by atoms with Gasteiger partial charge in [-0.15, -0.1) is 0 Å². The number of ether oxygens (including phenoxy) is 3. The number of hydrogen-bond acceptors (Lipinski definition) is 9. The summed E-state index contributed by atoms with van der Waals surface area (Å²) < 4.78 is 49.9. The molecular formula is C24H23BrCl2F3N3O8. The summed E-state index contributed by atoms with van der Waals surface area (Å²) in [6.07, 6.45) is -9.45. The lowest BCUT2D eigenvalue weighted by atomic mass is 10.1. The largest absolute Gasteiger partial charge is 0.497 e. The molecule has 1 saturated heterocycles. The molecule has 41 heavy (non-hydrogen) atoms. The molecule has 0 aliphatic carbocycles. The number of aliphatic hydroxyl groups excluding tert-OH is 2. The maximum atomic E-state index is 12.4. The van der Waals surface area contributed by atoms with Crippen LogP contribution in [0.2, 0.25) is 10.0 Å². The third-order valence-electron chi connectivity index (χ3n) is 5.83. The highest BCUT2D eigenvalue weighted by atomic mass is 79.9. The molecule has 5 N–H and O–H groups in total. The Labute approximate surface area is 248 Å². The number of methoxy groups -OCH3 is 1. The van der Waals surface area contributed by atoms with Crippen LogP contribution in [0, 0.1) is 0 Å². The van der Waals surface area contributed by atoms with E-state index >= 15 is 0 Å². The van der Waals surface area contributed by atoms with Crippen molar-refractivity contribution in [2.24, 2.45) is 5.73 Å². The summed E-state index contributed by atoms with van der Waals surface area (Å²) in [4.78, 5) is 25.6. The van der Waals surface area contributed by atoms with Gasteiger partial charge in [0.2, 0.25) is 0 Å². The topological polar surface area (TPSA) is 166 Å². The fraction of sp³-hybridized carbons (Fsp3) is 0.375. The first-order valence-electron chi connectivity index (χ1n) is 11.5. The number of carbonyl (C=O) groups is 2. The first-order chi connectivity index (χ1) is 19.1. The van der Waals surface area contributed by atoms with Crippen molar-refractivity contribution in [3.05, 3.63) is 56.7 Å². The predicted molar refractivity (Wildman–Crippen MR) is 143 cm³/mol. The highest BCUT2D eigenvalue weighted by molar-refractivity contribution is 9.10. The number of carbonyl (C=O) groups excluding carboxylic acids is 1. The third-order valence-corrected chi connectivity index (χ3v) is 7.11. The highest BCUT2D eigenvalue weighted by Gasteiger charge is 2.45. The molecule has 17 heteroatoms. The van der Waals surface area contributed by atoms with E-state index in [9.17, 15) is 28.2 Å². The van der Waals surface area contributed by atoms with Crippen molar-refractivity contribution in [1.29, 1.82) is 0 Å². The van der Waals surface area contributed by atoms with Crippen molar-refractivity contribution in [2.45, 2.75) is 43.2 Å². The van der Waals surface area contributed by atoms with E-state index in [1.54, 1.807) is 35.9 Å². The Bertz CT molecular complexity index is 1390. The van der Waals surface area contributed by atoms with E-state index in [0.717, 1.165) is 5.56 Å². The molecule has 3 aromatic rings. The molecule has 1 aliphatic heterocycles. The van der Waals surface area contributed by atoms with Gasteiger partial charge in [-0.05, 0) is 52.2 Å². The molecule has 224 valence electrons. The van der Waals surface area contributed by atoms with Crippen LogP contribution in [0.25, 0.3) is 11.0 Å². The predicted octanol–water partition coefficient (Wildman–Crippen LogP) is 3.48. The van der Waals surface area contributed by atoms with Gasteiger partial charge >= 0.3 is 18.1 Å². The molecule has 2 heterocycles. The van der Waals surface area contributed by atoms with Crippen LogP contribution in [0.5, 0.6) is 5.75 Å². The first kappa shape index (κ1) is 32.8. The second-order valence-electron chi connectivity index (χ2n) is 8.64. The molecule has 0 spiro atoms. The van der Waals surface area contributed by atoms with Gasteiger partial charge in [-0.25, -0.2) is 9.78 Å². The fourth-order valence-electron chi connectivity index (χ4n) is 3.75. The lowest BCUT2D eigenvalue weighted by Crippen LogP contribution is -2.38. The lowest BCUT2D eigenvalue weighted by Gasteiger charge is -2.18. The number of halogens is 6. The van der Waals surface area contributed by atoms with Gasteiger partial charge < -0.3 is 35.3 Å². The lowest BCUT2D eigenvalue weighted by molar-refractivity contribution is -0.192. The van der Waals surface area contributed by atoms with Crippen molar-refractivity contribution in [3.8, 4) is 5.75 Å². The van der Waals surface area contributed by atoms with Crippen LogP contribution in [0.1, 0.15) is 11.8 Å².